The van der Waals surface area contributed by atoms with Crippen molar-refractivity contribution in [3.8, 4) is 0 Å². The van der Waals surface area contributed by atoms with Crippen LogP contribution in [0.4, 0.5) is 10.6 Å². The number of esters is 1. The molecule has 0 spiro atoms. The number of aromatic nitrogens is 1. The summed E-state index contributed by atoms with van der Waals surface area (Å²) in [6.07, 6.45) is -2.51. The average Bonchev–Trinajstić information content (AvgIpc) is 3.26. The number of aliphatic carboxylic acids is 2. The van der Waals surface area contributed by atoms with Crippen LogP contribution in [0, 0.1) is 11.3 Å². The molecule has 0 radical (unpaired) electrons. The van der Waals surface area contributed by atoms with Gasteiger partial charge < -0.3 is 25.4 Å². The summed E-state index contributed by atoms with van der Waals surface area (Å²) in [6, 6.07) is -3.82. The molecule has 2 rings (SSSR count). The van der Waals surface area contributed by atoms with Gasteiger partial charge in [0.2, 0.25) is 6.04 Å². The van der Waals surface area contributed by atoms with E-state index in [9.17, 15) is 53.8 Å². The number of amides is 5. The molecule has 1 aliphatic rings. The van der Waals surface area contributed by atoms with Crippen LogP contribution in [0.5, 0.6) is 0 Å². The standard InChI is InChI=1S/C33H49N7O13/c1-31(2,3)18(27(45)46)14-19(34)26(44)39(38-25(43)17-10-11-22(35-16-17)36-37-30(50)53-33(7,8)9)20(29(49)52-32(4,5)6)15-21(28(47)48)40(51)23(41)12-13-24(40)42/h10-11,16,18-21,51H,12-15,34H2,1-9H3,(H4-,35,36,37,38,43,45,46,47,48,50)/p+1/t18?,19-,20-,21?/m0/s1. The van der Waals surface area contributed by atoms with E-state index in [0.29, 0.717) is 5.01 Å². The molecular formula is C33H50N7O13+. The lowest BCUT2D eigenvalue weighted by Crippen LogP contribution is -2.65. The molecule has 0 aliphatic carbocycles. The molecule has 1 fully saturated rings. The maximum atomic E-state index is 14.1. The van der Waals surface area contributed by atoms with E-state index in [4.69, 9.17) is 15.2 Å². The first-order valence-electron chi connectivity index (χ1n) is 16.6. The van der Waals surface area contributed by atoms with E-state index < -0.39 is 119 Å². The molecule has 20 heteroatoms. The van der Waals surface area contributed by atoms with Crippen LogP contribution in [0.2, 0.25) is 0 Å². The zero-order chi connectivity index (χ0) is 40.9. The first-order valence-corrected chi connectivity index (χ1v) is 16.6. The van der Waals surface area contributed by atoms with Crippen molar-refractivity contribution in [1.82, 2.24) is 20.8 Å². The highest BCUT2D eigenvalue weighted by Gasteiger charge is 2.60. The number of ether oxygens (including phenoxy) is 2. The third kappa shape index (κ3) is 11.9. The van der Waals surface area contributed by atoms with E-state index in [0.717, 1.165) is 6.20 Å². The van der Waals surface area contributed by atoms with Gasteiger partial charge in [-0.2, -0.15) is 0 Å². The number of pyridine rings is 1. The number of hydrogen-bond acceptors (Lipinski definition) is 14. The lowest BCUT2D eigenvalue weighted by Gasteiger charge is -2.37. The number of nitrogens with one attached hydrogen (secondary N) is 3. The predicted molar refractivity (Wildman–Crippen MR) is 182 cm³/mol. The SMILES string of the molecule is CC(C)(C)OC(=O)NNc1ccc(C(=O)NN(C(=O)[C@@H](N)CC(C(=O)O)C(C)(C)C)[C@@H](CC(C(=O)O)[N+]2(O)C(=O)CCC2=O)C(=O)OC(C)(C)C)cn1. The molecule has 1 aromatic heterocycles. The number of imide groups is 1. The maximum absolute atomic E-state index is 14.1. The van der Waals surface area contributed by atoms with Crippen LogP contribution in [0.3, 0.4) is 0 Å². The minimum absolute atomic E-state index is 0.0390. The number of nitrogens with zero attached hydrogens (tertiary/aromatic N) is 3. The molecule has 4 atom stereocenters. The Morgan fingerprint density at radius 1 is 0.887 bits per heavy atom. The lowest BCUT2D eigenvalue weighted by molar-refractivity contribution is -0.984. The second-order valence-electron chi connectivity index (χ2n) is 15.5. The predicted octanol–water partition coefficient (Wildman–Crippen LogP) is 1.48. The second kappa shape index (κ2) is 16.6. The summed E-state index contributed by atoms with van der Waals surface area (Å²) in [5, 5.41) is 31.5. The van der Waals surface area contributed by atoms with Gasteiger partial charge in [-0.3, -0.25) is 25.2 Å². The van der Waals surface area contributed by atoms with Crippen LogP contribution < -0.4 is 22.0 Å². The van der Waals surface area contributed by atoms with Gasteiger partial charge in [0.15, 0.2) is 6.04 Å². The smallest absolute Gasteiger partial charge is 0.426 e. The Morgan fingerprint density at radius 3 is 1.87 bits per heavy atom. The van der Waals surface area contributed by atoms with Gasteiger partial charge in [-0.15, -0.1) is 0 Å². The molecule has 20 nitrogen and oxygen atoms in total. The van der Waals surface area contributed by atoms with E-state index >= 15 is 0 Å². The zero-order valence-corrected chi connectivity index (χ0v) is 31.2. The number of quaternary nitrogens is 1. The van der Waals surface area contributed by atoms with Crippen molar-refractivity contribution in [2.45, 2.75) is 117 Å². The summed E-state index contributed by atoms with van der Waals surface area (Å²) in [7, 11) is 0. The normalized spacial score (nSPS) is 16.7. The summed E-state index contributed by atoms with van der Waals surface area (Å²) in [4.78, 5) is 108. The average molecular weight is 753 g/mol. The fourth-order valence-corrected chi connectivity index (χ4v) is 5.18. The lowest BCUT2D eigenvalue weighted by atomic mass is 9.77. The van der Waals surface area contributed by atoms with Gasteiger partial charge in [0.05, 0.1) is 30.4 Å². The number of carboxylic acids is 2. The number of carbonyl (C=O) groups excluding carboxylic acids is 6. The molecule has 2 unspecified atom stereocenters. The fourth-order valence-electron chi connectivity index (χ4n) is 5.18. The summed E-state index contributed by atoms with van der Waals surface area (Å²) < 4.78 is 8.35. The van der Waals surface area contributed by atoms with Crippen LogP contribution in [-0.2, 0) is 38.2 Å². The van der Waals surface area contributed by atoms with Crippen LogP contribution in [0.15, 0.2) is 18.3 Å². The van der Waals surface area contributed by atoms with E-state index in [-0.39, 0.29) is 11.4 Å². The molecule has 0 saturated carbocycles. The Balaban J connectivity index is 2.63. The molecule has 1 saturated heterocycles. The molecule has 1 aromatic rings. The van der Waals surface area contributed by atoms with Crippen LogP contribution in [0.25, 0.3) is 0 Å². The van der Waals surface area contributed by atoms with Gasteiger partial charge in [-0.1, -0.05) is 20.8 Å². The van der Waals surface area contributed by atoms with E-state index in [1.54, 1.807) is 41.5 Å². The molecule has 0 bridgehead atoms. The molecule has 0 aromatic carbocycles. The molecular weight excluding hydrogens is 702 g/mol. The van der Waals surface area contributed by atoms with Crippen molar-refractivity contribution in [1.29, 1.82) is 0 Å². The highest BCUT2D eigenvalue weighted by Crippen LogP contribution is 2.31. The third-order valence-electron chi connectivity index (χ3n) is 7.81. The monoisotopic (exact) mass is 752 g/mol. The van der Waals surface area contributed by atoms with Gasteiger partial charge >= 0.3 is 35.8 Å². The highest BCUT2D eigenvalue weighted by atomic mass is 16.6. The number of nitrogens with two attached hydrogens (primary N) is 1. The van der Waals surface area contributed by atoms with E-state index in [1.165, 1.54) is 32.9 Å². The quantitative estimate of drug-likeness (QED) is 0.0493. The minimum Gasteiger partial charge on any atom is -0.481 e. The molecule has 5 amide bonds. The number of hydrazine groups is 2. The number of hydrogen-bond donors (Lipinski definition) is 7. The van der Waals surface area contributed by atoms with Crippen molar-refractivity contribution in [2.75, 3.05) is 5.43 Å². The third-order valence-corrected chi connectivity index (χ3v) is 7.81. The Bertz CT molecular complexity index is 1580. The Hall–Kier alpha value is -5.21. The first kappa shape index (κ1) is 44.0. The summed E-state index contributed by atoms with van der Waals surface area (Å²) in [6.45, 7) is 14.1. The molecule has 53 heavy (non-hydrogen) atoms. The van der Waals surface area contributed by atoms with Gasteiger partial charge in [-0.05, 0) is 70.2 Å². The highest BCUT2D eigenvalue weighted by molar-refractivity contribution is 5.98. The van der Waals surface area contributed by atoms with Crippen LogP contribution in [-0.4, -0.2) is 107 Å². The molecule has 2 heterocycles. The van der Waals surface area contributed by atoms with Crippen molar-refractivity contribution in [2.24, 2.45) is 17.1 Å². The number of carbonyl (C=O) groups is 8. The maximum Gasteiger partial charge on any atom is 0.426 e. The van der Waals surface area contributed by atoms with Crippen molar-refractivity contribution < 1.29 is 67.9 Å². The Morgan fingerprint density at radius 2 is 1.43 bits per heavy atom. The number of hydroxylamine groups is 3. The number of anilines is 1. The van der Waals surface area contributed by atoms with Gasteiger partial charge in [0, 0.05) is 12.6 Å². The second-order valence-corrected chi connectivity index (χ2v) is 15.5. The Labute approximate surface area is 305 Å². The van der Waals surface area contributed by atoms with Gasteiger partial charge in [-0.25, -0.2) is 44.6 Å². The zero-order valence-electron chi connectivity index (χ0n) is 31.2. The summed E-state index contributed by atoms with van der Waals surface area (Å²) in [5.74, 6) is -10.5. The summed E-state index contributed by atoms with van der Waals surface area (Å²) >= 11 is 0. The van der Waals surface area contributed by atoms with Crippen LogP contribution in [0.1, 0.15) is 98.4 Å². The van der Waals surface area contributed by atoms with Gasteiger partial charge in [0.1, 0.15) is 17.0 Å². The summed E-state index contributed by atoms with van der Waals surface area (Å²) in [5.41, 5.74) is 9.91. The first-order chi connectivity index (χ1) is 24.1. The number of rotatable bonds is 13. The van der Waals surface area contributed by atoms with Crippen molar-refractivity contribution in [3.63, 3.8) is 0 Å². The molecule has 8 N–H and O–H groups in total. The fraction of sp³-hybridized carbons (Fsp3) is 0.606. The Kier molecular flexibility index (Phi) is 13.8. The molecule has 294 valence electrons. The topological polar surface area (TPSA) is 294 Å². The minimum atomic E-state index is -2.37. The van der Waals surface area contributed by atoms with Gasteiger partial charge in [0.25, 0.3) is 11.8 Å². The van der Waals surface area contributed by atoms with E-state index in [2.05, 4.69) is 21.3 Å². The largest absolute Gasteiger partial charge is 0.481 e. The molecule has 1 aliphatic heterocycles. The van der Waals surface area contributed by atoms with Crippen LogP contribution >= 0.6 is 0 Å². The van der Waals surface area contributed by atoms with E-state index in [1.807, 2.05) is 0 Å². The van der Waals surface area contributed by atoms with Crippen molar-refractivity contribution in [3.05, 3.63) is 23.9 Å². The number of likely N-dealkylation sites (tertiary alicyclic amines) is 1. The van der Waals surface area contributed by atoms with Crippen molar-refractivity contribution >= 4 is 53.4 Å². The number of carboxylic acid groups (broad SMARTS) is 2.